The molecule has 178 valence electrons. The third-order valence-electron chi connectivity index (χ3n) is 6.56. The first-order valence-corrected chi connectivity index (χ1v) is 11.6. The quantitative estimate of drug-likeness (QED) is 0.614. The Hall–Kier alpha value is -3.68. The summed E-state index contributed by atoms with van der Waals surface area (Å²) in [6.45, 7) is 2.36. The minimum atomic E-state index is -0.963. The first-order chi connectivity index (χ1) is 16.4. The van der Waals surface area contributed by atoms with Crippen molar-refractivity contribution in [3.05, 3.63) is 64.7 Å². The fourth-order valence-electron chi connectivity index (χ4n) is 4.77. The molecule has 0 atom stereocenters. The lowest BCUT2D eigenvalue weighted by atomic mass is 9.80. The van der Waals surface area contributed by atoms with E-state index in [0.29, 0.717) is 41.8 Å². The zero-order valence-corrected chi connectivity index (χ0v) is 19.5. The van der Waals surface area contributed by atoms with Gasteiger partial charge in [-0.1, -0.05) is 37.5 Å². The van der Waals surface area contributed by atoms with E-state index in [1.807, 2.05) is 6.92 Å². The summed E-state index contributed by atoms with van der Waals surface area (Å²) in [5, 5.41) is 5.84. The van der Waals surface area contributed by atoms with Crippen LogP contribution in [-0.4, -0.2) is 47.7 Å². The van der Waals surface area contributed by atoms with Gasteiger partial charge in [-0.3, -0.25) is 24.1 Å². The predicted molar refractivity (Wildman–Crippen MR) is 126 cm³/mol. The number of amides is 4. The molecule has 0 bridgehead atoms. The molecule has 4 amide bonds. The summed E-state index contributed by atoms with van der Waals surface area (Å²) in [7, 11) is 1.47. The maximum atomic E-state index is 13.4. The number of nitrogens with one attached hydrogen (secondary N) is 2. The summed E-state index contributed by atoms with van der Waals surface area (Å²) in [6, 6.07) is 11.7. The van der Waals surface area contributed by atoms with Gasteiger partial charge < -0.3 is 15.4 Å². The van der Waals surface area contributed by atoms with Crippen molar-refractivity contribution >= 4 is 23.6 Å². The summed E-state index contributed by atoms with van der Waals surface area (Å²) in [4.78, 5) is 52.9. The highest BCUT2D eigenvalue weighted by atomic mass is 16.5. The number of benzene rings is 2. The molecule has 0 aromatic heterocycles. The molecule has 1 aliphatic heterocycles. The Morgan fingerprint density at radius 3 is 2.24 bits per heavy atom. The Bertz CT molecular complexity index is 1100. The molecule has 0 unspecified atom stereocenters. The lowest BCUT2D eigenvalue weighted by Gasteiger charge is -2.36. The van der Waals surface area contributed by atoms with E-state index in [1.54, 1.807) is 42.5 Å². The first kappa shape index (κ1) is 23.5. The van der Waals surface area contributed by atoms with Crippen molar-refractivity contribution in [3.63, 3.8) is 0 Å². The number of fused-ring (bicyclic) bond motifs is 1. The van der Waals surface area contributed by atoms with E-state index < -0.39 is 11.4 Å². The van der Waals surface area contributed by atoms with Crippen LogP contribution < -0.4 is 15.4 Å². The van der Waals surface area contributed by atoms with Crippen molar-refractivity contribution in [1.29, 1.82) is 0 Å². The number of likely N-dealkylation sites (N-methyl/N-ethyl adjacent to an activating group) is 1. The lowest BCUT2D eigenvalue weighted by molar-refractivity contribution is -0.128. The van der Waals surface area contributed by atoms with E-state index >= 15 is 0 Å². The van der Waals surface area contributed by atoms with Crippen molar-refractivity contribution in [2.45, 2.75) is 51.1 Å². The molecule has 2 aromatic rings. The molecular weight excluding hydrogens is 434 g/mol. The van der Waals surface area contributed by atoms with Crippen LogP contribution in [0.3, 0.4) is 0 Å². The van der Waals surface area contributed by atoms with Crippen LogP contribution in [0.15, 0.2) is 42.5 Å². The third kappa shape index (κ3) is 4.27. The molecule has 1 fully saturated rings. The van der Waals surface area contributed by atoms with Gasteiger partial charge in [0, 0.05) is 6.54 Å². The number of hydrogen-bond donors (Lipinski definition) is 2. The summed E-state index contributed by atoms with van der Waals surface area (Å²) in [5.41, 5.74) is 0.650. The molecule has 8 heteroatoms. The fourth-order valence-corrected chi connectivity index (χ4v) is 4.77. The summed E-state index contributed by atoms with van der Waals surface area (Å²) < 4.78 is 5.41. The Morgan fingerprint density at radius 1 is 1.00 bits per heavy atom. The molecule has 4 rings (SSSR count). The van der Waals surface area contributed by atoms with Crippen molar-refractivity contribution in [1.82, 2.24) is 15.5 Å². The van der Waals surface area contributed by atoms with E-state index in [9.17, 15) is 19.2 Å². The molecule has 0 radical (unpaired) electrons. The zero-order valence-electron chi connectivity index (χ0n) is 19.5. The molecule has 2 aliphatic rings. The molecule has 1 saturated carbocycles. The van der Waals surface area contributed by atoms with E-state index in [4.69, 9.17) is 4.74 Å². The number of methoxy groups -OCH3 is 1. The summed E-state index contributed by atoms with van der Waals surface area (Å²) in [6.07, 6.45) is 3.88. The highest BCUT2D eigenvalue weighted by Gasteiger charge is 2.41. The standard InChI is InChI=1S/C26H29N3O5/c1-3-27-25(33)26(13-7-4-8-14-26)28-22(30)20-15-17(11-12-21(20)34-2)16-29-23(31)18-9-5-6-10-19(18)24(29)32/h5-6,9-12,15H,3-4,7-8,13-14,16H2,1-2H3,(H,27,33)(H,28,30). The van der Waals surface area contributed by atoms with Crippen LogP contribution in [0.4, 0.5) is 0 Å². The predicted octanol–water partition coefficient (Wildman–Crippen LogP) is 3.06. The number of nitrogens with zero attached hydrogens (tertiary/aromatic N) is 1. The van der Waals surface area contributed by atoms with E-state index in [1.165, 1.54) is 12.0 Å². The van der Waals surface area contributed by atoms with Gasteiger partial charge in [-0.2, -0.15) is 0 Å². The van der Waals surface area contributed by atoms with Crippen LogP contribution in [0.25, 0.3) is 0 Å². The second kappa shape index (κ2) is 9.67. The van der Waals surface area contributed by atoms with E-state index in [-0.39, 0.29) is 29.8 Å². The molecule has 1 heterocycles. The minimum absolute atomic E-state index is 0.0259. The largest absolute Gasteiger partial charge is 0.496 e. The minimum Gasteiger partial charge on any atom is -0.496 e. The second-order valence-corrected chi connectivity index (χ2v) is 8.73. The molecule has 0 spiro atoms. The molecular formula is C26H29N3O5. The molecule has 2 aromatic carbocycles. The molecule has 34 heavy (non-hydrogen) atoms. The Balaban J connectivity index is 1.59. The summed E-state index contributed by atoms with van der Waals surface area (Å²) in [5.74, 6) is -0.969. The first-order valence-electron chi connectivity index (χ1n) is 11.6. The third-order valence-corrected chi connectivity index (χ3v) is 6.56. The number of carbonyl (C=O) groups is 4. The zero-order chi connectivity index (χ0) is 24.3. The van der Waals surface area contributed by atoms with Crippen molar-refractivity contribution in [2.75, 3.05) is 13.7 Å². The van der Waals surface area contributed by atoms with Gasteiger partial charge in [0.2, 0.25) is 5.91 Å². The lowest BCUT2D eigenvalue weighted by Crippen LogP contribution is -2.59. The average Bonchev–Trinajstić information content (AvgIpc) is 3.09. The number of rotatable bonds is 7. The van der Waals surface area contributed by atoms with Crippen LogP contribution in [0.1, 0.15) is 75.7 Å². The maximum Gasteiger partial charge on any atom is 0.261 e. The number of imide groups is 1. The maximum absolute atomic E-state index is 13.4. The Labute approximate surface area is 198 Å². The smallest absolute Gasteiger partial charge is 0.261 e. The monoisotopic (exact) mass is 463 g/mol. The SMILES string of the molecule is CCNC(=O)C1(NC(=O)c2cc(CN3C(=O)c4ccccc4C3=O)ccc2OC)CCCCC1. The average molecular weight is 464 g/mol. The van der Waals surface area contributed by atoms with Gasteiger partial charge in [-0.05, 0) is 49.6 Å². The van der Waals surface area contributed by atoms with Gasteiger partial charge in [0.05, 0.1) is 30.3 Å². The number of carbonyl (C=O) groups excluding carboxylic acids is 4. The van der Waals surface area contributed by atoms with Crippen LogP contribution >= 0.6 is 0 Å². The van der Waals surface area contributed by atoms with E-state index in [2.05, 4.69) is 10.6 Å². The fraction of sp³-hybridized carbons (Fsp3) is 0.385. The van der Waals surface area contributed by atoms with Crippen LogP contribution in [0, 0.1) is 0 Å². The Kier molecular flexibility index (Phi) is 6.68. The molecule has 2 N–H and O–H groups in total. The summed E-state index contributed by atoms with van der Waals surface area (Å²) >= 11 is 0. The van der Waals surface area contributed by atoms with E-state index in [0.717, 1.165) is 19.3 Å². The van der Waals surface area contributed by atoms with Crippen molar-refractivity contribution < 1.29 is 23.9 Å². The van der Waals surface area contributed by atoms with Gasteiger partial charge in [0.1, 0.15) is 11.3 Å². The van der Waals surface area contributed by atoms with Crippen LogP contribution in [0.2, 0.25) is 0 Å². The number of hydrogen-bond acceptors (Lipinski definition) is 5. The van der Waals surface area contributed by atoms with Crippen molar-refractivity contribution in [3.8, 4) is 5.75 Å². The molecule has 8 nitrogen and oxygen atoms in total. The second-order valence-electron chi connectivity index (χ2n) is 8.73. The van der Waals surface area contributed by atoms with Gasteiger partial charge >= 0.3 is 0 Å². The van der Waals surface area contributed by atoms with Crippen LogP contribution in [0.5, 0.6) is 5.75 Å². The topological polar surface area (TPSA) is 105 Å². The Morgan fingerprint density at radius 2 is 1.65 bits per heavy atom. The van der Waals surface area contributed by atoms with Gasteiger partial charge in [0.15, 0.2) is 0 Å². The molecule has 0 saturated heterocycles. The molecule has 1 aliphatic carbocycles. The highest BCUT2D eigenvalue weighted by molar-refractivity contribution is 6.21. The van der Waals surface area contributed by atoms with Gasteiger partial charge in [0.25, 0.3) is 17.7 Å². The normalized spacial score (nSPS) is 16.7. The highest BCUT2D eigenvalue weighted by Crippen LogP contribution is 2.31. The van der Waals surface area contributed by atoms with Crippen LogP contribution in [-0.2, 0) is 11.3 Å². The number of ether oxygens (including phenoxy) is 1. The van der Waals surface area contributed by atoms with Crippen molar-refractivity contribution in [2.24, 2.45) is 0 Å². The van der Waals surface area contributed by atoms with Gasteiger partial charge in [-0.25, -0.2) is 0 Å². The van der Waals surface area contributed by atoms with Gasteiger partial charge in [-0.15, -0.1) is 0 Å².